The first-order valence-electron chi connectivity index (χ1n) is 14.1. The number of hydrogen-bond donors (Lipinski definition) is 1. The molecule has 210 valence electrons. The predicted molar refractivity (Wildman–Crippen MR) is 146 cm³/mol. The summed E-state index contributed by atoms with van der Waals surface area (Å²) in [6.45, 7) is 9.80. The van der Waals surface area contributed by atoms with Gasteiger partial charge in [0.2, 0.25) is 0 Å². The van der Waals surface area contributed by atoms with Gasteiger partial charge in [-0.25, -0.2) is 9.59 Å². The van der Waals surface area contributed by atoms with Crippen LogP contribution in [0.5, 0.6) is 11.5 Å². The molecule has 38 heavy (non-hydrogen) atoms. The minimum atomic E-state index is -0.491. The van der Waals surface area contributed by atoms with Crippen LogP contribution in [0.25, 0.3) is 0 Å². The van der Waals surface area contributed by atoms with Crippen molar-refractivity contribution < 1.29 is 33.6 Å². The van der Waals surface area contributed by atoms with E-state index in [-0.39, 0.29) is 33.0 Å². The Hall–Kier alpha value is -2.80. The van der Waals surface area contributed by atoms with Gasteiger partial charge in [0.15, 0.2) is 0 Å². The second kappa shape index (κ2) is 15.6. The van der Waals surface area contributed by atoms with E-state index in [1.807, 2.05) is 12.1 Å². The van der Waals surface area contributed by atoms with Crippen LogP contribution in [0.1, 0.15) is 75.3 Å². The van der Waals surface area contributed by atoms with E-state index in [1.54, 1.807) is 0 Å². The van der Waals surface area contributed by atoms with Gasteiger partial charge in [-0.05, 0) is 80.8 Å². The molecule has 0 bridgehead atoms. The van der Waals surface area contributed by atoms with Crippen LogP contribution in [0.3, 0.4) is 0 Å². The predicted octanol–water partition coefficient (Wildman–Crippen LogP) is 5.54. The average molecular weight is 529 g/mol. The number of aliphatic hydroxyl groups excluding tert-OH is 1. The molecule has 1 aromatic carbocycles. The molecule has 0 amide bonds. The van der Waals surface area contributed by atoms with Crippen LogP contribution in [-0.4, -0.2) is 50.1 Å². The summed E-state index contributed by atoms with van der Waals surface area (Å²) in [6, 6.07) is 3.96. The zero-order chi connectivity index (χ0) is 27.3. The summed E-state index contributed by atoms with van der Waals surface area (Å²) < 4.78 is 22.3. The van der Waals surface area contributed by atoms with Crippen LogP contribution >= 0.6 is 0 Å². The van der Waals surface area contributed by atoms with Crippen LogP contribution in [0.2, 0.25) is 0 Å². The number of aliphatic hydroxyl groups is 1. The maximum atomic E-state index is 11.4. The van der Waals surface area contributed by atoms with Gasteiger partial charge in [-0.1, -0.05) is 32.9 Å². The molecule has 2 saturated carbocycles. The first kappa shape index (κ1) is 29.8. The maximum absolute atomic E-state index is 11.4. The molecule has 2 fully saturated rings. The van der Waals surface area contributed by atoms with Crippen molar-refractivity contribution in [2.75, 3.05) is 33.0 Å². The lowest BCUT2D eigenvalue weighted by Crippen LogP contribution is -2.25. The third-order valence-corrected chi connectivity index (χ3v) is 8.02. The van der Waals surface area contributed by atoms with E-state index in [0.29, 0.717) is 18.1 Å². The lowest BCUT2D eigenvalue weighted by atomic mass is 9.68. The fourth-order valence-corrected chi connectivity index (χ4v) is 5.88. The molecule has 0 aromatic heterocycles. The molecule has 0 saturated heterocycles. The Bertz CT molecular complexity index is 924. The molecule has 3 rings (SSSR count). The van der Waals surface area contributed by atoms with E-state index in [1.165, 1.54) is 38.5 Å². The summed E-state index contributed by atoms with van der Waals surface area (Å²) in [5.41, 5.74) is 1.89. The Kier molecular flexibility index (Phi) is 12.2. The van der Waals surface area contributed by atoms with Crippen molar-refractivity contribution in [1.82, 2.24) is 0 Å². The Balaban J connectivity index is 1.73. The molecular weight excluding hydrogens is 484 g/mol. The maximum Gasteiger partial charge on any atom is 0.330 e. The van der Waals surface area contributed by atoms with Gasteiger partial charge in [0, 0.05) is 29.9 Å². The third-order valence-electron chi connectivity index (χ3n) is 8.02. The molecule has 1 aromatic rings. The standard InChI is InChI=1S/C31H44O7/c1-4-30(33)37-18-16-35-28-21-27(25-12-10-24(11-13-25)23-8-6-22(3)7-9-23)29(20-26(28)14-15-32)36-17-19-38-31(34)5-2/h4-5,20-25,32H,1-2,6-19H2,3H3. The molecule has 7 nitrogen and oxygen atoms in total. The van der Waals surface area contributed by atoms with Gasteiger partial charge in [0.25, 0.3) is 0 Å². The molecule has 0 unspecified atom stereocenters. The summed E-state index contributed by atoms with van der Waals surface area (Å²) in [5.74, 6) is 3.28. The molecule has 0 aliphatic heterocycles. The largest absolute Gasteiger partial charge is 0.490 e. The van der Waals surface area contributed by atoms with Gasteiger partial charge in [-0.3, -0.25) is 0 Å². The van der Waals surface area contributed by atoms with Crippen molar-refractivity contribution in [3.8, 4) is 11.5 Å². The fraction of sp³-hybridized carbons (Fsp3) is 0.613. The average Bonchev–Trinajstić information content (AvgIpc) is 2.94. The Morgan fingerprint density at radius 3 is 1.87 bits per heavy atom. The van der Waals surface area contributed by atoms with E-state index in [4.69, 9.17) is 18.9 Å². The van der Waals surface area contributed by atoms with Crippen molar-refractivity contribution in [2.24, 2.45) is 17.8 Å². The van der Waals surface area contributed by atoms with E-state index in [9.17, 15) is 14.7 Å². The molecule has 2 aliphatic rings. The van der Waals surface area contributed by atoms with Gasteiger partial charge < -0.3 is 24.1 Å². The van der Waals surface area contributed by atoms with Gasteiger partial charge >= 0.3 is 11.9 Å². The van der Waals surface area contributed by atoms with Crippen molar-refractivity contribution in [2.45, 2.75) is 70.6 Å². The lowest BCUT2D eigenvalue weighted by Gasteiger charge is -2.37. The monoisotopic (exact) mass is 528 g/mol. The van der Waals surface area contributed by atoms with Crippen molar-refractivity contribution in [3.63, 3.8) is 0 Å². The normalized spacial score (nSPS) is 23.2. The summed E-state index contributed by atoms with van der Waals surface area (Å²) in [5, 5.41) is 9.66. The summed E-state index contributed by atoms with van der Waals surface area (Å²) in [4.78, 5) is 22.8. The van der Waals surface area contributed by atoms with Gasteiger partial charge in [0.05, 0.1) is 0 Å². The molecule has 0 spiro atoms. The number of rotatable bonds is 14. The van der Waals surface area contributed by atoms with Crippen LogP contribution in [-0.2, 0) is 25.5 Å². The van der Waals surface area contributed by atoms with Gasteiger partial charge in [-0.15, -0.1) is 0 Å². The second-order valence-corrected chi connectivity index (χ2v) is 10.5. The number of esters is 2. The van der Waals surface area contributed by atoms with E-state index in [0.717, 1.165) is 59.6 Å². The molecule has 0 heterocycles. The Morgan fingerprint density at radius 1 is 0.816 bits per heavy atom. The minimum absolute atomic E-state index is 0.0390. The number of benzene rings is 1. The Morgan fingerprint density at radius 2 is 1.34 bits per heavy atom. The highest BCUT2D eigenvalue weighted by Crippen LogP contribution is 2.46. The van der Waals surface area contributed by atoms with E-state index >= 15 is 0 Å². The molecule has 0 atom stereocenters. The summed E-state index contributed by atoms with van der Waals surface area (Å²) in [7, 11) is 0. The number of ether oxygens (including phenoxy) is 4. The van der Waals surface area contributed by atoms with Crippen LogP contribution in [0.15, 0.2) is 37.4 Å². The van der Waals surface area contributed by atoms with Gasteiger partial charge in [-0.2, -0.15) is 0 Å². The fourth-order valence-electron chi connectivity index (χ4n) is 5.88. The zero-order valence-electron chi connectivity index (χ0n) is 22.8. The third kappa shape index (κ3) is 8.90. The summed E-state index contributed by atoms with van der Waals surface area (Å²) >= 11 is 0. The van der Waals surface area contributed by atoms with E-state index < -0.39 is 11.9 Å². The molecule has 0 radical (unpaired) electrons. The number of carbonyl (C=O) groups excluding carboxylic acids is 2. The zero-order valence-corrected chi connectivity index (χ0v) is 22.8. The summed E-state index contributed by atoms with van der Waals surface area (Å²) in [6.07, 6.45) is 12.7. The molecule has 2 aliphatic carbocycles. The molecule has 7 heteroatoms. The number of hydrogen-bond acceptors (Lipinski definition) is 7. The minimum Gasteiger partial charge on any atom is -0.490 e. The second-order valence-electron chi connectivity index (χ2n) is 10.5. The molecule has 1 N–H and O–H groups in total. The first-order valence-corrected chi connectivity index (χ1v) is 14.1. The highest BCUT2D eigenvalue weighted by molar-refractivity contribution is 5.81. The quantitative estimate of drug-likeness (QED) is 0.193. The Labute approximate surface area is 227 Å². The molecular formula is C31H44O7. The van der Waals surface area contributed by atoms with Crippen LogP contribution in [0, 0.1) is 17.8 Å². The van der Waals surface area contributed by atoms with Crippen molar-refractivity contribution in [3.05, 3.63) is 48.6 Å². The van der Waals surface area contributed by atoms with E-state index in [2.05, 4.69) is 20.1 Å². The highest BCUT2D eigenvalue weighted by Gasteiger charge is 2.32. The lowest BCUT2D eigenvalue weighted by molar-refractivity contribution is -0.139. The highest BCUT2D eigenvalue weighted by atomic mass is 16.6. The van der Waals surface area contributed by atoms with Gasteiger partial charge in [0.1, 0.15) is 37.9 Å². The first-order chi connectivity index (χ1) is 18.4. The topological polar surface area (TPSA) is 91.3 Å². The van der Waals surface area contributed by atoms with Crippen LogP contribution < -0.4 is 9.47 Å². The van der Waals surface area contributed by atoms with Crippen molar-refractivity contribution in [1.29, 1.82) is 0 Å². The smallest absolute Gasteiger partial charge is 0.330 e. The number of carbonyl (C=O) groups is 2. The van der Waals surface area contributed by atoms with Crippen molar-refractivity contribution >= 4 is 11.9 Å². The SMILES string of the molecule is C=CC(=O)OCCOc1cc(C2CCC(C3CCC(C)CC3)CC2)c(OCCOC(=O)C=C)cc1CCO. The van der Waals surface area contributed by atoms with Crippen LogP contribution in [0.4, 0.5) is 0 Å².